The van der Waals surface area contributed by atoms with Crippen LogP contribution in [0.25, 0.3) is 16.6 Å². The van der Waals surface area contributed by atoms with E-state index in [-0.39, 0.29) is 0 Å². The molecular weight excluding hydrogens is 218 g/mol. The number of nitrogens with zero attached hydrogens (tertiary/aromatic N) is 1. The summed E-state index contributed by atoms with van der Waals surface area (Å²) >= 11 is 0. The predicted octanol–water partition coefficient (Wildman–Crippen LogP) is 3.51. The van der Waals surface area contributed by atoms with E-state index in [1.807, 2.05) is 6.07 Å². The van der Waals surface area contributed by atoms with Crippen LogP contribution in [0.1, 0.15) is 11.1 Å². The molecule has 0 aliphatic rings. The van der Waals surface area contributed by atoms with Crippen molar-refractivity contribution in [1.82, 2.24) is 0 Å². The summed E-state index contributed by atoms with van der Waals surface area (Å²) in [5.74, 6) is 0. The number of pyridine rings is 2. The molecular formula is C17H15N. The Morgan fingerprint density at radius 3 is 2.50 bits per heavy atom. The smallest absolute Gasteiger partial charge is 0.179 e. The van der Waals surface area contributed by atoms with E-state index in [2.05, 4.69) is 73.1 Å². The number of aromatic nitrogens is 1. The lowest BCUT2D eigenvalue weighted by molar-refractivity contribution is -0.516. The Bertz CT molecular complexity index is 699. The van der Waals surface area contributed by atoms with Crippen LogP contribution in [0.15, 0.2) is 54.7 Å². The second kappa shape index (κ2) is 4.26. The normalized spacial score (nSPS) is 10.8. The molecule has 2 aromatic heterocycles. The molecule has 18 heavy (non-hydrogen) atoms. The van der Waals surface area contributed by atoms with E-state index in [4.69, 9.17) is 0 Å². The van der Waals surface area contributed by atoms with E-state index >= 15 is 0 Å². The van der Waals surface area contributed by atoms with Crippen LogP contribution >= 0.6 is 0 Å². The molecule has 0 saturated carbocycles. The second-order valence-electron chi connectivity index (χ2n) is 4.68. The highest BCUT2D eigenvalue weighted by Gasteiger charge is 2.03. The van der Waals surface area contributed by atoms with E-state index in [0.29, 0.717) is 0 Å². The largest absolute Gasteiger partial charge is 0.259 e. The molecule has 0 aliphatic carbocycles. The van der Waals surface area contributed by atoms with Gasteiger partial charge in [-0.3, -0.25) is 4.40 Å². The number of rotatable bonds is 1. The highest BCUT2D eigenvalue weighted by molar-refractivity contribution is 5.64. The molecule has 0 saturated heterocycles. The molecule has 0 spiro atoms. The first kappa shape index (κ1) is 11.0. The molecule has 1 heteroatoms. The molecule has 0 bridgehead atoms. The minimum atomic E-state index is 1.14. The fourth-order valence-corrected chi connectivity index (χ4v) is 2.24. The van der Waals surface area contributed by atoms with Gasteiger partial charge < -0.3 is 0 Å². The summed E-state index contributed by atoms with van der Waals surface area (Å²) in [6.45, 7) is 4.25. The molecule has 0 radical (unpaired) electrons. The lowest BCUT2D eigenvalue weighted by Crippen LogP contribution is -2.23. The van der Waals surface area contributed by atoms with Gasteiger partial charge in [0.1, 0.15) is 11.7 Å². The molecule has 0 unspecified atom stereocenters. The van der Waals surface area contributed by atoms with Crippen LogP contribution in [-0.2, 0) is 0 Å². The van der Waals surface area contributed by atoms with E-state index in [0.717, 1.165) is 5.56 Å². The third kappa shape index (κ3) is 1.88. The van der Waals surface area contributed by atoms with Gasteiger partial charge in [-0.05, 0) is 36.6 Å². The summed E-state index contributed by atoms with van der Waals surface area (Å²) in [6, 6.07) is 16.9. The van der Waals surface area contributed by atoms with E-state index in [1.54, 1.807) is 0 Å². The molecule has 88 valence electrons. The van der Waals surface area contributed by atoms with Crippen LogP contribution in [0, 0.1) is 20.0 Å². The molecule has 0 atom stereocenters. The average molecular weight is 233 g/mol. The maximum atomic E-state index is 3.44. The minimum Gasteiger partial charge on any atom is -0.259 e. The van der Waals surface area contributed by atoms with Crippen molar-refractivity contribution >= 4 is 5.52 Å². The van der Waals surface area contributed by atoms with Gasteiger partial charge >= 0.3 is 0 Å². The van der Waals surface area contributed by atoms with Gasteiger partial charge in [0.2, 0.25) is 0 Å². The summed E-state index contributed by atoms with van der Waals surface area (Å²) in [5.41, 5.74) is 6.06. The molecule has 0 aliphatic heterocycles. The quantitative estimate of drug-likeness (QED) is 0.447. The molecule has 0 amide bonds. The molecule has 2 heterocycles. The Balaban J connectivity index is 2.27. The number of fused-ring (bicyclic) bond motifs is 1. The van der Waals surface area contributed by atoms with Crippen LogP contribution in [0.3, 0.4) is 0 Å². The minimum absolute atomic E-state index is 1.14. The van der Waals surface area contributed by atoms with Gasteiger partial charge in [0.25, 0.3) is 0 Å². The SMILES string of the molecule is Cc1ccc2c(C)cc(-c3ccccc3)[c-][n+]2c1. The van der Waals surface area contributed by atoms with Gasteiger partial charge in [-0.1, -0.05) is 42.0 Å². The van der Waals surface area contributed by atoms with Crippen molar-refractivity contribution in [2.75, 3.05) is 0 Å². The summed E-state index contributed by atoms with van der Waals surface area (Å²) < 4.78 is 2.09. The van der Waals surface area contributed by atoms with Crippen molar-refractivity contribution in [3.8, 4) is 11.1 Å². The summed E-state index contributed by atoms with van der Waals surface area (Å²) in [6.07, 6.45) is 5.56. The van der Waals surface area contributed by atoms with E-state index in [9.17, 15) is 0 Å². The molecule has 3 rings (SSSR count). The Labute approximate surface area is 107 Å². The van der Waals surface area contributed by atoms with E-state index < -0.39 is 0 Å². The van der Waals surface area contributed by atoms with Gasteiger partial charge in [0.15, 0.2) is 6.20 Å². The van der Waals surface area contributed by atoms with Crippen LogP contribution in [0.5, 0.6) is 0 Å². The van der Waals surface area contributed by atoms with Gasteiger partial charge in [0, 0.05) is 0 Å². The highest BCUT2D eigenvalue weighted by atomic mass is 14.8. The zero-order valence-electron chi connectivity index (χ0n) is 10.6. The monoisotopic (exact) mass is 233 g/mol. The van der Waals surface area contributed by atoms with E-state index in [1.165, 1.54) is 22.2 Å². The standard InChI is InChI=1S/C17H15N/c1-13-8-9-17-14(2)10-16(12-18(17)11-13)15-6-4-3-5-7-15/h3-11H,1-2H3. The Morgan fingerprint density at radius 1 is 0.944 bits per heavy atom. The first-order chi connectivity index (χ1) is 8.74. The Morgan fingerprint density at radius 2 is 1.72 bits per heavy atom. The third-order valence-corrected chi connectivity index (χ3v) is 3.19. The maximum absolute atomic E-state index is 3.44. The zero-order valence-corrected chi connectivity index (χ0v) is 10.6. The number of aryl methyl sites for hydroxylation is 2. The van der Waals surface area contributed by atoms with Crippen molar-refractivity contribution in [3.05, 3.63) is 72.1 Å². The fourth-order valence-electron chi connectivity index (χ4n) is 2.24. The van der Waals surface area contributed by atoms with Crippen LogP contribution in [0.2, 0.25) is 0 Å². The van der Waals surface area contributed by atoms with Crippen molar-refractivity contribution in [1.29, 1.82) is 0 Å². The molecule has 3 aromatic rings. The van der Waals surface area contributed by atoms with Gasteiger partial charge in [-0.15, -0.1) is 6.07 Å². The zero-order chi connectivity index (χ0) is 12.5. The second-order valence-corrected chi connectivity index (χ2v) is 4.68. The lowest BCUT2D eigenvalue weighted by atomic mass is 10.0. The van der Waals surface area contributed by atoms with Crippen LogP contribution in [-0.4, -0.2) is 0 Å². The lowest BCUT2D eigenvalue weighted by Gasteiger charge is -2.08. The van der Waals surface area contributed by atoms with Crippen molar-refractivity contribution in [3.63, 3.8) is 0 Å². The molecule has 0 N–H and O–H groups in total. The third-order valence-electron chi connectivity index (χ3n) is 3.19. The predicted molar refractivity (Wildman–Crippen MR) is 73.3 cm³/mol. The molecule has 0 fully saturated rings. The van der Waals surface area contributed by atoms with Gasteiger partial charge in [-0.25, -0.2) is 0 Å². The fraction of sp³-hybridized carbons (Fsp3) is 0.118. The number of hydrogen-bond acceptors (Lipinski definition) is 0. The topological polar surface area (TPSA) is 4.10 Å². The van der Waals surface area contributed by atoms with Crippen LogP contribution < -0.4 is 4.40 Å². The first-order valence-corrected chi connectivity index (χ1v) is 6.14. The highest BCUT2D eigenvalue weighted by Crippen LogP contribution is 2.19. The van der Waals surface area contributed by atoms with Crippen molar-refractivity contribution < 1.29 is 4.40 Å². The Hall–Kier alpha value is -2.15. The molecule has 1 aromatic carbocycles. The summed E-state index contributed by atoms with van der Waals surface area (Å²) in [5, 5.41) is 0. The Kier molecular flexibility index (Phi) is 2.60. The van der Waals surface area contributed by atoms with Gasteiger partial charge in [0.05, 0.1) is 0 Å². The first-order valence-electron chi connectivity index (χ1n) is 6.14. The van der Waals surface area contributed by atoms with Gasteiger partial charge in [-0.2, -0.15) is 0 Å². The average Bonchev–Trinajstić information content (AvgIpc) is 2.39. The summed E-state index contributed by atoms with van der Waals surface area (Å²) in [4.78, 5) is 0. The summed E-state index contributed by atoms with van der Waals surface area (Å²) in [7, 11) is 0. The van der Waals surface area contributed by atoms with Crippen molar-refractivity contribution in [2.45, 2.75) is 13.8 Å². The maximum Gasteiger partial charge on any atom is 0.179 e. The molecule has 1 nitrogen and oxygen atoms in total. The van der Waals surface area contributed by atoms with Crippen molar-refractivity contribution in [2.24, 2.45) is 0 Å². The van der Waals surface area contributed by atoms with Crippen LogP contribution in [0.4, 0.5) is 0 Å². The number of hydrogen-bond donors (Lipinski definition) is 0. The number of benzene rings is 1.